The summed E-state index contributed by atoms with van der Waals surface area (Å²) in [6.07, 6.45) is 3.84. The van der Waals surface area contributed by atoms with Crippen molar-refractivity contribution in [2.75, 3.05) is 167 Å². The number of anilines is 8. The SMILES string of the molecule is CN1CCC(NC(=O)c2ccc(Nc3nc4cccc(-c5cccc(Cl)c5)n4n3)cc2)CC1.CN1CCN(CCCNC(=O)c2ccc(Nc3nc4cccc(-c5cccc(Cl)c5)n4n3)cc2)CC1.O=C(NCCCN1CCOCC1)c1ccc(Nc2nc3cccc(-c4cccc(Cl)c4)n3n2)cc1.O=C(NCCN1CCOCC1)c1ccc(Nc2nc3cccc(-c4cccc(Cl)c4)n3n2)cc1. The Labute approximate surface area is 819 Å². The Morgan fingerprint density at radius 3 is 0.899 bits per heavy atom. The molecule has 12 heterocycles. The third-order valence-electron chi connectivity index (χ3n) is 24.0. The van der Waals surface area contributed by atoms with E-state index in [0.29, 0.717) is 85.8 Å². The molecule has 8 aromatic heterocycles. The highest BCUT2D eigenvalue weighted by Crippen LogP contribution is 2.31. The van der Waals surface area contributed by atoms with Gasteiger partial charge in [0.05, 0.1) is 49.2 Å². The lowest BCUT2D eigenvalue weighted by Gasteiger charge is -2.32. The molecule has 0 radical (unpaired) electrons. The lowest BCUT2D eigenvalue weighted by atomic mass is 10.0. The number of nitrogens with one attached hydrogen (secondary N) is 8. The Bertz CT molecular complexity index is 6820. The highest BCUT2D eigenvalue weighted by Gasteiger charge is 2.23. The molecule has 4 fully saturated rings. The Kier molecular flexibility index (Phi) is 32.5. The molecule has 0 unspecified atom stereocenters. The maximum absolute atomic E-state index is 12.6. The molecule has 35 heteroatoms. The minimum Gasteiger partial charge on any atom is -0.379 e. The number of aromatic nitrogens is 12. The topological polar surface area (TPSA) is 320 Å². The number of piperazine rings is 1. The number of benzene rings is 8. The summed E-state index contributed by atoms with van der Waals surface area (Å²) >= 11 is 24.7. The van der Waals surface area contributed by atoms with E-state index in [1.54, 1.807) is 42.3 Å². The fraction of sp³-hybridized carbons (Fsp3) is 0.262. The van der Waals surface area contributed by atoms with E-state index < -0.39 is 0 Å². The molecular formula is C103H107Cl4N25O6. The number of morpholine rings is 2. The molecule has 16 aromatic rings. The van der Waals surface area contributed by atoms with Gasteiger partial charge < -0.3 is 66.7 Å². The zero-order valence-electron chi connectivity index (χ0n) is 76.5. The molecule has 20 rings (SSSR count). The van der Waals surface area contributed by atoms with Crippen molar-refractivity contribution in [3.63, 3.8) is 0 Å². The monoisotopic (exact) mass is 1930 g/mol. The van der Waals surface area contributed by atoms with Crippen LogP contribution in [0.15, 0.2) is 267 Å². The zero-order valence-corrected chi connectivity index (χ0v) is 79.5. The van der Waals surface area contributed by atoms with Crippen LogP contribution in [0.3, 0.4) is 0 Å². The van der Waals surface area contributed by atoms with E-state index in [0.717, 1.165) is 228 Å². The van der Waals surface area contributed by atoms with Gasteiger partial charge in [0.2, 0.25) is 23.8 Å². The maximum atomic E-state index is 12.6. The third-order valence-corrected chi connectivity index (χ3v) is 24.9. The fourth-order valence-corrected chi connectivity index (χ4v) is 17.2. The molecular weight excluding hydrogens is 1830 g/mol. The van der Waals surface area contributed by atoms with Gasteiger partial charge in [0.1, 0.15) is 0 Å². The number of pyridine rings is 4. The number of piperidine rings is 1. The number of likely N-dealkylation sites (N-methyl/N-ethyl adjacent to an activating group) is 1. The molecule has 0 saturated carbocycles. The molecule has 0 aliphatic carbocycles. The summed E-state index contributed by atoms with van der Waals surface area (Å²) in [4.78, 5) is 80.1. The molecule has 0 bridgehead atoms. The predicted molar refractivity (Wildman–Crippen MR) is 545 cm³/mol. The molecule has 31 nitrogen and oxygen atoms in total. The number of hydrogen-bond acceptors (Lipinski definition) is 23. The van der Waals surface area contributed by atoms with Gasteiger partial charge in [-0.15, -0.1) is 20.4 Å². The van der Waals surface area contributed by atoms with Crippen LogP contribution in [0.5, 0.6) is 0 Å². The van der Waals surface area contributed by atoms with Crippen LogP contribution in [0.2, 0.25) is 20.1 Å². The Balaban J connectivity index is 0.000000127. The second-order valence-corrected chi connectivity index (χ2v) is 35.6. The van der Waals surface area contributed by atoms with Gasteiger partial charge in [-0.1, -0.05) is 119 Å². The molecule has 8 N–H and O–H groups in total. The number of ether oxygens (including phenoxy) is 2. The molecule has 4 saturated heterocycles. The number of carbonyl (C=O) groups is 4. The van der Waals surface area contributed by atoms with Crippen LogP contribution in [-0.4, -0.2) is 258 Å². The van der Waals surface area contributed by atoms with Crippen molar-refractivity contribution in [2.24, 2.45) is 0 Å². The van der Waals surface area contributed by atoms with E-state index in [9.17, 15) is 19.2 Å². The summed E-state index contributed by atoms with van der Waals surface area (Å²) in [7, 11) is 4.27. The van der Waals surface area contributed by atoms with Crippen LogP contribution < -0.4 is 42.5 Å². The van der Waals surface area contributed by atoms with Crippen LogP contribution in [0, 0.1) is 0 Å². The largest absolute Gasteiger partial charge is 0.379 e. The van der Waals surface area contributed by atoms with Gasteiger partial charge in [-0.3, -0.25) is 29.0 Å². The Morgan fingerprint density at radius 2 is 0.587 bits per heavy atom. The first-order chi connectivity index (χ1) is 67.4. The summed E-state index contributed by atoms with van der Waals surface area (Å²) in [6, 6.07) is 83.4. The minimum absolute atomic E-state index is 0.0341. The number of likely N-dealkylation sites (tertiary alicyclic amines) is 1. The molecule has 708 valence electrons. The average Bonchev–Trinajstić information content (AvgIpc) is 1.65. The minimum atomic E-state index is -0.0863. The van der Waals surface area contributed by atoms with Crippen molar-refractivity contribution in [1.82, 2.24) is 104 Å². The number of fused-ring (bicyclic) bond motifs is 4. The van der Waals surface area contributed by atoms with Crippen molar-refractivity contribution >= 4 is 139 Å². The highest BCUT2D eigenvalue weighted by molar-refractivity contribution is 6.32. The zero-order chi connectivity index (χ0) is 95.1. The first kappa shape index (κ1) is 95.9. The first-order valence-electron chi connectivity index (χ1n) is 46.2. The van der Waals surface area contributed by atoms with Gasteiger partial charge >= 0.3 is 0 Å². The second kappa shape index (κ2) is 46.8. The molecule has 4 aliphatic heterocycles. The number of rotatable bonds is 28. The summed E-state index contributed by atoms with van der Waals surface area (Å²) in [6.45, 7) is 18.0. The predicted octanol–water partition coefficient (Wildman–Crippen LogP) is 16.9. The van der Waals surface area contributed by atoms with E-state index in [1.807, 2.05) is 243 Å². The molecule has 4 aliphatic rings. The number of amides is 4. The van der Waals surface area contributed by atoms with Crippen LogP contribution in [-0.2, 0) is 9.47 Å². The first-order valence-corrected chi connectivity index (χ1v) is 47.7. The quantitative estimate of drug-likeness (QED) is 0.0211. The molecule has 138 heavy (non-hydrogen) atoms. The van der Waals surface area contributed by atoms with Crippen molar-refractivity contribution < 1.29 is 28.7 Å². The number of nitrogens with zero attached hydrogens (tertiary/aromatic N) is 17. The van der Waals surface area contributed by atoms with Crippen LogP contribution in [0.4, 0.5) is 46.5 Å². The number of halogens is 4. The van der Waals surface area contributed by atoms with Gasteiger partial charge in [0.15, 0.2) is 22.6 Å². The van der Waals surface area contributed by atoms with Crippen molar-refractivity contribution in [2.45, 2.75) is 31.7 Å². The van der Waals surface area contributed by atoms with E-state index in [2.05, 4.69) is 121 Å². The smallest absolute Gasteiger partial charge is 0.251 e. The Morgan fingerprint density at radius 1 is 0.312 bits per heavy atom. The lowest BCUT2D eigenvalue weighted by Crippen LogP contribution is -2.45. The number of carbonyl (C=O) groups excluding carboxylic acids is 4. The molecule has 0 atom stereocenters. The molecule has 0 spiro atoms. The number of hydrogen-bond donors (Lipinski definition) is 8. The molecule has 4 amide bonds. The Hall–Kier alpha value is -13.8. The van der Waals surface area contributed by atoms with Crippen molar-refractivity contribution in [3.05, 3.63) is 309 Å². The lowest BCUT2D eigenvalue weighted by molar-refractivity contribution is 0.0374. The van der Waals surface area contributed by atoms with Gasteiger partial charge in [0, 0.05) is 172 Å². The van der Waals surface area contributed by atoms with Gasteiger partial charge in [0.25, 0.3) is 23.6 Å². The standard InChI is InChI=1S/C27H30ClN7O.C26H27ClN6O2.C25H25ClN6O2.C25H25ClN6O/c1-33-15-17-34(18-16-33)14-4-13-29-26(36)20-9-11-23(12-10-20)30-27-31-25-8-3-7-24(35(25)32-27)21-5-2-6-22(28)19-21;27-21-5-1-4-20(18-21)23-6-2-7-24-30-26(31-33(23)24)29-22-10-8-19(9-11-22)25(34)28-12-3-13-32-14-16-35-17-15-32;26-20-4-1-3-19(17-20)22-5-2-6-23-29-25(30-32(22)23)28-21-9-7-18(8-10-21)24(33)27-11-12-31-13-15-34-16-14-31;1-31-14-12-21(13-15-31)27-24(33)17-8-10-20(11-9-17)28-25-29-23-7-3-6-22(32(23)30-25)18-4-2-5-19(26)16-18/h2-3,5-12,19H,4,13-18H2,1H3,(H,29,36)(H,30,32);1-2,4-11,18H,3,12-17H2,(H,28,34)(H,29,31);1-10,17H,11-16H2,(H,27,33)(H,28,30);2-11,16,21H,12-15H2,1H3,(H,27,33)(H,28,30). The third kappa shape index (κ3) is 26.1. The summed E-state index contributed by atoms with van der Waals surface area (Å²) in [5.41, 5.74) is 16.0. The van der Waals surface area contributed by atoms with Crippen LogP contribution >= 0.6 is 46.4 Å². The summed E-state index contributed by atoms with van der Waals surface area (Å²) < 4.78 is 17.9. The van der Waals surface area contributed by atoms with Gasteiger partial charge in [-0.05, 0) is 260 Å². The van der Waals surface area contributed by atoms with E-state index in [4.69, 9.17) is 55.9 Å². The second-order valence-electron chi connectivity index (χ2n) is 33.9. The van der Waals surface area contributed by atoms with Crippen LogP contribution in [0.25, 0.3) is 67.6 Å². The maximum Gasteiger partial charge on any atom is 0.251 e. The van der Waals surface area contributed by atoms with E-state index in [-0.39, 0.29) is 29.7 Å². The fourth-order valence-electron chi connectivity index (χ4n) is 16.4. The van der Waals surface area contributed by atoms with Crippen molar-refractivity contribution in [3.8, 4) is 45.0 Å². The normalized spacial score (nSPS) is 14.5. The van der Waals surface area contributed by atoms with Gasteiger partial charge in [-0.2, -0.15) is 19.9 Å². The van der Waals surface area contributed by atoms with E-state index in [1.165, 1.54) is 0 Å². The molecule has 8 aromatic carbocycles. The summed E-state index contributed by atoms with van der Waals surface area (Å²) in [5.74, 6) is 1.65. The summed E-state index contributed by atoms with van der Waals surface area (Å²) in [5, 5.41) is 46.2. The van der Waals surface area contributed by atoms with E-state index >= 15 is 0 Å². The average molecular weight is 1930 g/mol. The van der Waals surface area contributed by atoms with Crippen LogP contribution in [0.1, 0.15) is 67.1 Å². The highest BCUT2D eigenvalue weighted by atomic mass is 35.5. The van der Waals surface area contributed by atoms with Crippen molar-refractivity contribution in [1.29, 1.82) is 0 Å². The van der Waals surface area contributed by atoms with Gasteiger partial charge in [-0.25, -0.2) is 18.1 Å².